The Bertz CT molecular complexity index is 813. The molecule has 4 unspecified atom stereocenters. The van der Waals surface area contributed by atoms with Crippen LogP contribution in [-0.4, -0.2) is 69.5 Å². The van der Waals surface area contributed by atoms with Crippen molar-refractivity contribution in [1.82, 2.24) is 25.9 Å². The van der Waals surface area contributed by atoms with Crippen molar-refractivity contribution in [3.05, 3.63) is 18.2 Å². The van der Waals surface area contributed by atoms with E-state index in [0.717, 1.165) is 0 Å². The van der Waals surface area contributed by atoms with Crippen molar-refractivity contribution in [3.63, 3.8) is 0 Å². The number of hydrogen-bond acceptors (Lipinski definition) is 7. The molecule has 3 amide bonds. The third-order valence-electron chi connectivity index (χ3n) is 5.53. The molecule has 12 nitrogen and oxygen atoms in total. The summed E-state index contributed by atoms with van der Waals surface area (Å²) in [6.07, 6.45) is 4.77. The third kappa shape index (κ3) is 10.9. The molecule has 1 rings (SSSR count). The first-order valence-electron chi connectivity index (χ1n) is 12.0. The highest BCUT2D eigenvalue weighted by Crippen LogP contribution is 2.09. The lowest BCUT2D eigenvalue weighted by molar-refractivity contribution is -0.142. The Morgan fingerprint density at radius 3 is 2.09 bits per heavy atom. The van der Waals surface area contributed by atoms with Crippen LogP contribution in [0.5, 0.6) is 0 Å². The molecule has 0 bridgehead atoms. The summed E-state index contributed by atoms with van der Waals surface area (Å²) in [6.45, 7) is 7.82. The molecule has 0 saturated heterocycles. The molecule has 1 heterocycles. The number of nitrogens with one attached hydrogen (secondary N) is 4. The quantitative estimate of drug-likeness (QED) is 0.150. The molecule has 0 spiro atoms. The lowest BCUT2D eigenvalue weighted by atomic mass is 10.0. The third-order valence-corrected chi connectivity index (χ3v) is 5.53. The van der Waals surface area contributed by atoms with E-state index in [2.05, 4.69) is 25.9 Å². The maximum atomic E-state index is 13.1. The number of nitrogens with zero attached hydrogens (tertiary/aromatic N) is 1. The first-order chi connectivity index (χ1) is 16.5. The maximum Gasteiger partial charge on any atom is 0.326 e. The molecule has 198 valence electrons. The minimum Gasteiger partial charge on any atom is -0.480 e. The van der Waals surface area contributed by atoms with Crippen LogP contribution < -0.4 is 27.4 Å². The number of carboxylic acid groups (broad SMARTS) is 1. The number of amides is 3. The molecule has 0 saturated carbocycles. The largest absolute Gasteiger partial charge is 0.480 e. The van der Waals surface area contributed by atoms with Crippen LogP contribution >= 0.6 is 0 Å². The van der Waals surface area contributed by atoms with E-state index >= 15 is 0 Å². The number of nitrogens with two attached hydrogens (primary N) is 2. The van der Waals surface area contributed by atoms with Crippen LogP contribution in [-0.2, 0) is 25.6 Å². The molecule has 0 aliphatic rings. The van der Waals surface area contributed by atoms with Crippen LogP contribution in [0.25, 0.3) is 0 Å². The fourth-order valence-corrected chi connectivity index (χ4v) is 3.40. The predicted octanol–water partition coefficient (Wildman–Crippen LogP) is -0.350. The number of hydrogen-bond donors (Lipinski definition) is 7. The van der Waals surface area contributed by atoms with Crippen LogP contribution in [0, 0.1) is 11.8 Å². The van der Waals surface area contributed by atoms with Gasteiger partial charge in [0.1, 0.15) is 18.1 Å². The van der Waals surface area contributed by atoms with Crippen molar-refractivity contribution in [2.24, 2.45) is 23.3 Å². The molecule has 35 heavy (non-hydrogen) atoms. The Labute approximate surface area is 206 Å². The van der Waals surface area contributed by atoms with E-state index in [4.69, 9.17) is 11.5 Å². The second-order valence-electron chi connectivity index (χ2n) is 9.49. The Balaban J connectivity index is 2.97. The average molecular weight is 496 g/mol. The summed E-state index contributed by atoms with van der Waals surface area (Å²) in [7, 11) is 0. The van der Waals surface area contributed by atoms with Gasteiger partial charge in [0.25, 0.3) is 0 Å². The number of H-pyrrole nitrogens is 1. The summed E-state index contributed by atoms with van der Waals surface area (Å²) < 4.78 is 0. The summed E-state index contributed by atoms with van der Waals surface area (Å²) in [4.78, 5) is 57.0. The van der Waals surface area contributed by atoms with E-state index in [1.165, 1.54) is 12.5 Å². The highest BCUT2D eigenvalue weighted by Gasteiger charge is 2.31. The Morgan fingerprint density at radius 1 is 0.971 bits per heavy atom. The van der Waals surface area contributed by atoms with E-state index in [1.54, 1.807) is 13.8 Å². The molecular formula is C23H41N7O5. The standard InChI is InChI=1S/C23H41N7O5/c1-13(2)9-17(21(32)30-18(23(34)35)10-15-11-26-12-27-15)29-20(31)16(7-5-6-8-24)28-22(33)19(25)14(3)4/h11-14,16-19H,5-10,24-25H2,1-4H3,(H,26,27)(H,28,33)(H,29,31)(H,30,32)(H,34,35). The fraction of sp³-hybridized carbons (Fsp3) is 0.696. The van der Waals surface area contributed by atoms with Gasteiger partial charge in [-0.1, -0.05) is 27.7 Å². The van der Waals surface area contributed by atoms with Gasteiger partial charge in [0.05, 0.1) is 12.4 Å². The number of aliphatic carboxylic acids is 1. The summed E-state index contributed by atoms with van der Waals surface area (Å²) in [5, 5.41) is 17.5. The smallest absolute Gasteiger partial charge is 0.326 e. The summed E-state index contributed by atoms with van der Waals surface area (Å²) in [6, 6.07) is -3.88. The normalized spacial score (nSPS) is 14.7. The van der Waals surface area contributed by atoms with Gasteiger partial charge in [0.2, 0.25) is 17.7 Å². The van der Waals surface area contributed by atoms with Crippen molar-refractivity contribution in [2.75, 3.05) is 6.54 Å². The van der Waals surface area contributed by atoms with Crippen LogP contribution in [0.15, 0.2) is 12.5 Å². The van der Waals surface area contributed by atoms with E-state index < -0.39 is 47.9 Å². The number of carbonyl (C=O) groups excluding carboxylic acids is 3. The van der Waals surface area contributed by atoms with Crippen molar-refractivity contribution in [3.8, 4) is 0 Å². The first kappa shape index (κ1) is 30.0. The maximum absolute atomic E-state index is 13.1. The van der Waals surface area contributed by atoms with E-state index in [-0.39, 0.29) is 24.7 Å². The van der Waals surface area contributed by atoms with Crippen LogP contribution in [0.2, 0.25) is 0 Å². The SMILES string of the molecule is CC(C)CC(NC(=O)C(CCCCN)NC(=O)C(N)C(C)C)C(=O)NC(Cc1cnc[nH]1)C(=O)O. The van der Waals surface area contributed by atoms with Crippen LogP contribution in [0.4, 0.5) is 0 Å². The summed E-state index contributed by atoms with van der Waals surface area (Å²) in [5.74, 6) is -2.91. The van der Waals surface area contributed by atoms with E-state index in [0.29, 0.717) is 31.5 Å². The van der Waals surface area contributed by atoms with Gasteiger partial charge < -0.3 is 37.5 Å². The van der Waals surface area contributed by atoms with Gasteiger partial charge in [0.15, 0.2) is 0 Å². The highest BCUT2D eigenvalue weighted by molar-refractivity contribution is 5.94. The van der Waals surface area contributed by atoms with Crippen LogP contribution in [0.1, 0.15) is 59.1 Å². The number of aromatic nitrogens is 2. The topological polar surface area (TPSA) is 205 Å². The number of aromatic amines is 1. The molecule has 0 radical (unpaired) electrons. The lowest BCUT2D eigenvalue weighted by Gasteiger charge is -2.26. The summed E-state index contributed by atoms with van der Waals surface area (Å²) >= 11 is 0. The van der Waals surface area contributed by atoms with Gasteiger partial charge >= 0.3 is 5.97 Å². The van der Waals surface area contributed by atoms with Gasteiger partial charge in [-0.15, -0.1) is 0 Å². The number of unbranched alkanes of at least 4 members (excludes halogenated alkanes) is 1. The molecule has 0 fully saturated rings. The number of rotatable bonds is 16. The number of imidazole rings is 1. The van der Waals surface area contributed by atoms with Crippen molar-refractivity contribution in [2.45, 2.75) is 84.0 Å². The molecular weight excluding hydrogens is 454 g/mol. The van der Waals surface area contributed by atoms with E-state index in [1.807, 2.05) is 13.8 Å². The van der Waals surface area contributed by atoms with Crippen molar-refractivity contribution < 1.29 is 24.3 Å². The molecule has 0 aliphatic carbocycles. The second kappa shape index (κ2) is 15.1. The molecule has 12 heteroatoms. The molecule has 0 aliphatic heterocycles. The van der Waals surface area contributed by atoms with Gasteiger partial charge in [-0.05, 0) is 44.1 Å². The lowest BCUT2D eigenvalue weighted by Crippen LogP contribution is -2.58. The van der Waals surface area contributed by atoms with Gasteiger partial charge in [-0.25, -0.2) is 9.78 Å². The Hall–Kier alpha value is -2.99. The minimum absolute atomic E-state index is 0.00821. The zero-order chi connectivity index (χ0) is 26.5. The zero-order valence-electron chi connectivity index (χ0n) is 21.0. The van der Waals surface area contributed by atoms with Gasteiger partial charge in [0, 0.05) is 18.3 Å². The van der Waals surface area contributed by atoms with Gasteiger partial charge in [-0.3, -0.25) is 14.4 Å². The number of carbonyl (C=O) groups is 4. The van der Waals surface area contributed by atoms with Crippen LogP contribution in [0.3, 0.4) is 0 Å². The summed E-state index contributed by atoms with van der Waals surface area (Å²) in [5.41, 5.74) is 12.0. The molecule has 1 aromatic heterocycles. The molecule has 1 aromatic rings. The van der Waals surface area contributed by atoms with Crippen molar-refractivity contribution >= 4 is 23.7 Å². The average Bonchev–Trinajstić information content (AvgIpc) is 3.29. The Morgan fingerprint density at radius 2 is 1.57 bits per heavy atom. The fourth-order valence-electron chi connectivity index (χ4n) is 3.40. The second-order valence-corrected chi connectivity index (χ2v) is 9.49. The highest BCUT2D eigenvalue weighted by atomic mass is 16.4. The van der Waals surface area contributed by atoms with Gasteiger partial charge in [-0.2, -0.15) is 0 Å². The zero-order valence-corrected chi connectivity index (χ0v) is 21.0. The predicted molar refractivity (Wildman–Crippen MR) is 131 cm³/mol. The first-order valence-corrected chi connectivity index (χ1v) is 12.0. The molecule has 0 aromatic carbocycles. The van der Waals surface area contributed by atoms with Crippen molar-refractivity contribution in [1.29, 1.82) is 0 Å². The number of carboxylic acids is 1. The minimum atomic E-state index is -1.21. The Kier molecular flexibility index (Phi) is 13.0. The molecule has 9 N–H and O–H groups in total. The monoisotopic (exact) mass is 495 g/mol. The van der Waals surface area contributed by atoms with E-state index in [9.17, 15) is 24.3 Å². The molecule has 4 atom stereocenters.